The number of rotatable bonds is 1. The number of hydrogen-bond acceptors (Lipinski definition) is 2. The first kappa shape index (κ1) is 8.87. The molecule has 2 rings (SSSR count). The molecule has 2 nitrogen and oxygen atoms in total. The average Bonchev–Trinajstić information content (AvgIpc) is 2.17. The Morgan fingerprint density at radius 1 is 1.21 bits per heavy atom. The Bertz CT molecular complexity index is 471. The lowest BCUT2D eigenvalue weighted by molar-refractivity contribution is 0.146. The molecule has 0 radical (unpaired) electrons. The summed E-state index contributed by atoms with van der Waals surface area (Å²) in [6, 6.07) is 7.61. The maximum Gasteiger partial charge on any atom is 0.280 e. The van der Waals surface area contributed by atoms with Gasteiger partial charge in [-0.25, -0.2) is 13.8 Å². The summed E-state index contributed by atoms with van der Waals surface area (Å²) >= 11 is 0. The van der Waals surface area contributed by atoms with E-state index < -0.39 is 12.1 Å². The monoisotopic (exact) mass is 195 g/mol. The molecule has 1 aromatic heterocycles. The first-order valence-electron chi connectivity index (χ1n) is 4.05. The number of para-hydroxylation sites is 1. The Hall–Kier alpha value is -1.71. The molecule has 0 saturated heterocycles. The Morgan fingerprint density at radius 3 is 2.64 bits per heavy atom. The molecule has 72 valence electrons. The molecular weight excluding hydrogens is 188 g/mol. The van der Waals surface area contributed by atoms with Crippen molar-refractivity contribution < 1.29 is 13.9 Å². The average molecular weight is 195 g/mol. The van der Waals surface area contributed by atoms with Crippen LogP contribution in [0.5, 0.6) is 5.75 Å². The number of aromatic nitrogens is 1. The minimum atomic E-state index is -2.66. The first-order valence-corrected chi connectivity index (χ1v) is 4.05. The van der Waals surface area contributed by atoms with E-state index in [4.69, 9.17) is 0 Å². The summed E-state index contributed by atoms with van der Waals surface area (Å²) in [7, 11) is 0. The number of nitrogens with zero attached hydrogens (tertiary/aromatic N) is 1. The van der Waals surface area contributed by atoms with E-state index in [-0.39, 0.29) is 5.75 Å². The number of halogens is 2. The summed E-state index contributed by atoms with van der Waals surface area (Å²) in [4.78, 5) is 3.73. The van der Waals surface area contributed by atoms with Crippen LogP contribution in [0.1, 0.15) is 12.1 Å². The van der Waals surface area contributed by atoms with Crippen molar-refractivity contribution in [3.05, 3.63) is 36.0 Å². The van der Waals surface area contributed by atoms with Gasteiger partial charge >= 0.3 is 0 Å². The Balaban J connectivity index is 2.72. The molecule has 0 amide bonds. The van der Waals surface area contributed by atoms with Gasteiger partial charge in [0.15, 0.2) is 0 Å². The highest BCUT2D eigenvalue weighted by atomic mass is 19.3. The summed E-state index contributed by atoms with van der Waals surface area (Å²) in [6.45, 7) is 0. The number of aromatic hydroxyl groups is 1. The molecule has 0 aliphatic heterocycles. The van der Waals surface area contributed by atoms with Crippen molar-refractivity contribution in [1.82, 2.24) is 4.98 Å². The second-order valence-electron chi connectivity index (χ2n) is 2.88. The van der Waals surface area contributed by atoms with E-state index >= 15 is 0 Å². The fraction of sp³-hybridized carbons (Fsp3) is 0.100. The highest BCUT2D eigenvalue weighted by Gasteiger charge is 2.11. The standard InChI is InChI=1S/C10H7F2NO/c11-10(12)8-5-9(14)6-3-1-2-4-7(6)13-8/h1-5,10H,(H,13,14). The molecule has 0 atom stereocenters. The maximum atomic E-state index is 12.3. The lowest BCUT2D eigenvalue weighted by Crippen LogP contribution is -1.90. The first-order chi connectivity index (χ1) is 6.68. The van der Waals surface area contributed by atoms with Gasteiger partial charge in [-0.1, -0.05) is 12.1 Å². The summed E-state index contributed by atoms with van der Waals surface area (Å²) in [5, 5.41) is 9.91. The normalized spacial score (nSPS) is 11.1. The molecule has 0 aliphatic rings. The van der Waals surface area contributed by atoms with Crippen LogP contribution in [0.15, 0.2) is 30.3 Å². The molecule has 0 saturated carbocycles. The summed E-state index contributed by atoms with van der Waals surface area (Å²) in [5.74, 6) is -0.161. The van der Waals surface area contributed by atoms with Crippen LogP contribution in [0.2, 0.25) is 0 Å². The van der Waals surface area contributed by atoms with Gasteiger partial charge in [0.25, 0.3) is 6.43 Å². The van der Waals surface area contributed by atoms with Crippen LogP contribution in [0.25, 0.3) is 10.9 Å². The van der Waals surface area contributed by atoms with Crippen molar-refractivity contribution in [3.8, 4) is 5.75 Å². The van der Waals surface area contributed by atoms with Crippen molar-refractivity contribution in [3.63, 3.8) is 0 Å². The molecule has 0 spiro atoms. The largest absolute Gasteiger partial charge is 0.507 e. The van der Waals surface area contributed by atoms with Gasteiger partial charge in [-0.15, -0.1) is 0 Å². The predicted octanol–water partition coefficient (Wildman–Crippen LogP) is 2.88. The predicted molar refractivity (Wildman–Crippen MR) is 48.4 cm³/mol. The van der Waals surface area contributed by atoms with Crippen LogP contribution in [0.3, 0.4) is 0 Å². The lowest BCUT2D eigenvalue weighted by atomic mass is 10.2. The van der Waals surface area contributed by atoms with Crippen molar-refractivity contribution >= 4 is 10.9 Å². The molecule has 1 heterocycles. The summed E-state index contributed by atoms with van der Waals surface area (Å²) < 4.78 is 24.6. The van der Waals surface area contributed by atoms with Gasteiger partial charge in [0.2, 0.25) is 0 Å². The Morgan fingerprint density at radius 2 is 1.93 bits per heavy atom. The van der Waals surface area contributed by atoms with Crippen molar-refractivity contribution in [2.75, 3.05) is 0 Å². The van der Waals surface area contributed by atoms with Gasteiger partial charge in [0, 0.05) is 11.5 Å². The van der Waals surface area contributed by atoms with E-state index in [2.05, 4.69) is 4.98 Å². The Kier molecular flexibility index (Phi) is 2.04. The third kappa shape index (κ3) is 1.39. The van der Waals surface area contributed by atoms with E-state index in [9.17, 15) is 13.9 Å². The number of fused-ring (bicyclic) bond motifs is 1. The van der Waals surface area contributed by atoms with Crippen LogP contribution in [-0.4, -0.2) is 10.1 Å². The van der Waals surface area contributed by atoms with E-state index in [1.165, 1.54) is 0 Å². The second kappa shape index (κ2) is 3.21. The van der Waals surface area contributed by atoms with Crippen molar-refractivity contribution in [1.29, 1.82) is 0 Å². The fourth-order valence-electron chi connectivity index (χ4n) is 1.29. The number of benzene rings is 1. The van der Waals surface area contributed by atoms with Crippen LogP contribution < -0.4 is 0 Å². The van der Waals surface area contributed by atoms with E-state index in [0.29, 0.717) is 10.9 Å². The molecule has 0 aliphatic carbocycles. The molecule has 4 heteroatoms. The van der Waals surface area contributed by atoms with E-state index in [1.54, 1.807) is 24.3 Å². The van der Waals surface area contributed by atoms with Crippen LogP contribution in [0, 0.1) is 0 Å². The van der Waals surface area contributed by atoms with Gasteiger partial charge in [-0.3, -0.25) is 0 Å². The molecular formula is C10H7F2NO. The molecule has 1 aromatic carbocycles. The molecule has 0 unspecified atom stereocenters. The van der Waals surface area contributed by atoms with Crippen molar-refractivity contribution in [2.45, 2.75) is 6.43 Å². The summed E-state index contributed by atoms with van der Waals surface area (Å²) in [5.41, 5.74) is -0.0241. The Labute approximate surface area is 78.8 Å². The van der Waals surface area contributed by atoms with Gasteiger partial charge < -0.3 is 5.11 Å². The number of hydrogen-bond donors (Lipinski definition) is 1. The molecule has 2 aromatic rings. The molecule has 0 fully saturated rings. The van der Waals surface area contributed by atoms with Crippen LogP contribution >= 0.6 is 0 Å². The quantitative estimate of drug-likeness (QED) is 0.758. The highest BCUT2D eigenvalue weighted by Crippen LogP contribution is 2.27. The highest BCUT2D eigenvalue weighted by molar-refractivity contribution is 5.84. The van der Waals surface area contributed by atoms with E-state index in [1.807, 2.05) is 0 Å². The van der Waals surface area contributed by atoms with Crippen LogP contribution in [0.4, 0.5) is 8.78 Å². The number of alkyl halides is 2. The zero-order valence-electron chi connectivity index (χ0n) is 7.11. The minimum absolute atomic E-state index is 0.161. The smallest absolute Gasteiger partial charge is 0.280 e. The summed E-state index contributed by atoms with van der Waals surface area (Å²) in [6.07, 6.45) is -2.66. The third-order valence-corrected chi connectivity index (χ3v) is 1.94. The fourth-order valence-corrected chi connectivity index (χ4v) is 1.29. The van der Waals surface area contributed by atoms with Gasteiger partial charge in [-0.05, 0) is 12.1 Å². The third-order valence-electron chi connectivity index (χ3n) is 1.94. The van der Waals surface area contributed by atoms with Gasteiger partial charge in [-0.2, -0.15) is 0 Å². The molecule has 0 bridgehead atoms. The molecule has 1 N–H and O–H groups in total. The zero-order chi connectivity index (χ0) is 10.1. The van der Waals surface area contributed by atoms with E-state index in [0.717, 1.165) is 6.07 Å². The van der Waals surface area contributed by atoms with Gasteiger partial charge in [0.1, 0.15) is 11.4 Å². The minimum Gasteiger partial charge on any atom is -0.507 e. The number of pyridine rings is 1. The maximum absolute atomic E-state index is 12.3. The second-order valence-corrected chi connectivity index (χ2v) is 2.88. The lowest BCUT2D eigenvalue weighted by Gasteiger charge is -2.03. The van der Waals surface area contributed by atoms with Crippen LogP contribution in [-0.2, 0) is 0 Å². The zero-order valence-corrected chi connectivity index (χ0v) is 7.11. The SMILES string of the molecule is Oc1cc(C(F)F)nc2ccccc12. The topological polar surface area (TPSA) is 33.1 Å². The van der Waals surface area contributed by atoms with Crippen molar-refractivity contribution in [2.24, 2.45) is 0 Å². The molecule has 14 heavy (non-hydrogen) atoms. The van der Waals surface area contributed by atoms with Gasteiger partial charge in [0.05, 0.1) is 5.52 Å².